The van der Waals surface area contributed by atoms with Gasteiger partial charge in [0, 0.05) is 19.2 Å². The molecule has 41 heavy (non-hydrogen) atoms. The third-order valence-electron chi connectivity index (χ3n) is 6.29. The van der Waals surface area contributed by atoms with Crippen molar-refractivity contribution < 1.29 is 40.1 Å². The number of amides is 1. The van der Waals surface area contributed by atoms with Crippen LogP contribution in [0, 0.1) is 0 Å². The Bertz CT molecular complexity index is 1540. The number of benzene rings is 3. The second-order valence-corrected chi connectivity index (χ2v) is 11.8. The molecule has 0 spiro atoms. The molecule has 0 N–H and O–H groups in total. The Morgan fingerprint density at radius 1 is 0.854 bits per heavy atom. The molecule has 3 aromatic carbocycles. The molecule has 0 aliphatic rings. The van der Waals surface area contributed by atoms with Crippen LogP contribution >= 0.6 is 0 Å². The number of ether oxygens (including phenoxy) is 1. The SMILES string of the molecule is CCOC(=O)c1ccc(-c2ccc(OS(=O)(=O)C(F)(F)F)cc2)cc1-c1ccc(N(CC)C(C)=O)c(C(C)(C)C)c1. The fourth-order valence-electron chi connectivity index (χ4n) is 4.33. The zero-order chi connectivity index (χ0) is 30.8. The number of halogens is 3. The molecule has 0 saturated heterocycles. The summed E-state index contributed by atoms with van der Waals surface area (Å²) in [6.45, 7) is 11.8. The van der Waals surface area contributed by atoms with E-state index in [2.05, 4.69) is 4.18 Å². The van der Waals surface area contributed by atoms with E-state index in [4.69, 9.17) is 4.74 Å². The van der Waals surface area contributed by atoms with Crippen LogP contribution < -0.4 is 9.08 Å². The molecule has 0 aliphatic carbocycles. The van der Waals surface area contributed by atoms with Gasteiger partial charge in [-0.2, -0.15) is 21.6 Å². The third-order valence-corrected chi connectivity index (χ3v) is 7.27. The maximum Gasteiger partial charge on any atom is 0.534 e. The van der Waals surface area contributed by atoms with Crippen LogP contribution in [-0.4, -0.2) is 39.0 Å². The van der Waals surface area contributed by atoms with Crippen molar-refractivity contribution in [2.75, 3.05) is 18.1 Å². The molecule has 7 nitrogen and oxygen atoms in total. The average molecular weight is 592 g/mol. The molecule has 0 bridgehead atoms. The van der Waals surface area contributed by atoms with Crippen molar-refractivity contribution in [3.63, 3.8) is 0 Å². The van der Waals surface area contributed by atoms with Crippen LogP contribution in [0.3, 0.4) is 0 Å². The number of esters is 1. The normalized spacial score (nSPS) is 12.1. The topological polar surface area (TPSA) is 90.0 Å². The third kappa shape index (κ3) is 7.08. The Balaban J connectivity index is 2.15. The minimum Gasteiger partial charge on any atom is -0.462 e. The van der Waals surface area contributed by atoms with Crippen molar-refractivity contribution in [1.29, 1.82) is 0 Å². The summed E-state index contributed by atoms with van der Waals surface area (Å²) in [5.41, 5.74) is -1.57. The molecule has 1 amide bonds. The maximum atomic E-state index is 12.9. The van der Waals surface area contributed by atoms with Gasteiger partial charge in [0.15, 0.2) is 0 Å². The van der Waals surface area contributed by atoms with E-state index < -0.39 is 27.3 Å². The second-order valence-electron chi connectivity index (χ2n) is 10.2. The highest BCUT2D eigenvalue weighted by Gasteiger charge is 2.48. The predicted molar refractivity (Wildman–Crippen MR) is 151 cm³/mol. The van der Waals surface area contributed by atoms with Crippen molar-refractivity contribution in [1.82, 2.24) is 0 Å². The molecule has 0 heterocycles. The molecule has 0 radical (unpaired) electrons. The first-order valence-electron chi connectivity index (χ1n) is 12.9. The van der Waals surface area contributed by atoms with Crippen LogP contribution in [0.25, 0.3) is 22.3 Å². The molecule has 0 unspecified atom stereocenters. The summed E-state index contributed by atoms with van der Waals surface area (Å²) < 4.78 is 70.2. The monoisotopic (exact) mass is 591 g/mol. The Morgan fingerprint density at radius 2 is 1.44 bits per heavy atom. The van der Waals surface area contributed by atoms with Gasteiger partial charge in [-0.15, -0.1) is 0 Å². The van der Waals surface area contributed by atoms with Gasteiger partial charge in [-0.3, -0.25) is 4.79 Å². The summed E-state index contributed by atoms with van der Waals surface area (Å²) in [7, 11) is -5.80. The second kappa shape index (κ2) is 11.9. The molecular formula is C30H32F3NO6S. The van der Waals surface area contributed by atoms with Crippen LogP contribution in [0.1, 0.15) is 57.5 Å². The number of hydrogen-bond donors (Lipinski definition) is 0. The first kappa shape index (κ1) is 31.7. The Kier molecular flexibility index (Phi) is 9.22. The van der Waals surface area contributed by atoms with E-state index >= 15 is 0 Å². The molecule has 3 aromatic rings. The quantitative estimate of drug-likeness (QED) is 0.158. The highest BCUT2D eigenvalue weighted by Crippen LogP contribution is 2.38. The number of rotatable bonds is 8. The molecule has 11 heteroatoms. The van der Waals surface area contributed by atoms with Crippen LogP contribution in [0.15, 0.2) is 60.7 Å². The Hall–Kier alpha value is -3.86. The largest absolute Gasteiger partial charge is 0.534 e. The van der Waals surface area contributed by atoms with Crippen LogP contribution in [0.5, 0.6) is 5.75 Å². The van der Waals surface area contributed by atoms with Gasteiger partial charge in [0.1, 0.15) is 5.75 Å². The standard InChI is InChI=1S/C30H32F3NO6S/c1-7-34(19(3)35)27-16-12-22(18-26(27)29(4,5)6)25-17-21(11-15-24(25)28(36)39-8-2)20-9-13-23(14-10-20)40-41(37,38)30(31,32)33/h9-18H,7-8H2,1-6H3. The van der Waals surface area contributed by atoms with Gasteiger partial charge in [-0.1, -0.05) is 45.0 Å². The van der Waals surface area contributed by atoms with Gasteiger partial charge < -0.3 is 13.8 Å². The molecule has 0 saturated carbocycles. The lowest BCUT2D eigenvalue weighted by Crippen LogP contribution is -2.30. The summed E-state index contributed by atoms with van der Waals surface area (Å²) in [6, 6.07) is 15.7. The molecule has 220 valence electrons. The number of hydrogen-bond acceptors (Lipinski definition) is 6. The smallest absolute Gasteiger partial charge is 0.462 e. The summed E-state index contributed by atoms with van der Waals surface area (Å²) in [5.74, 6) is -1.13. The van der Waals surface area contributed by atoms with E-state index in [0.717, 1.165) is 23.4 Å². The van der Waals surface area contributed by atoms with Gasteiger partial charge in [-0.05, 0) is 83.5 Å². The zero-order valence-electron chi connectivity index (χ0n) is 23.6. The maximum absolute atomic E-state index is 12.9. The van der Waals surface area contributed by atoms with Crippen molar-refractivity contribution in [3.05, 3.63) is 71.8 Å². The first-order chi connectivity index (χ1) is 19.0. The lowest BCUT2D eigenvalue weighted by Gasteiger charge is -2.29. The molecule has 0 aliphatic heterocycles. The van der Waals surface area contributed by atoms with Crippen molar-refractivity contribution in [2.24, 2.45) is 0 Å². The predicted octanol–water partition coefficient (Wildman–Crippen LogP) is 7.10. The van der Waals surface area contributed by atoms with Crippen LogP contribution in [0.4, 0.5) is 18.9 Å². The van der Waals surface area contributed by atoms with Crippen molar-refractivity contribution >= 4 is 27.7 Å². The van der Waals surface area contributed by atoms with Gasteiger partial charge in [-0.25, -0.2) is 4.79 Å². The first-order valence-corrected chi connectivity index (χ1v) is 14.3. The van der Waals surface area contributed by atoms with Gasteiger partial charge in [0.25, 0.3) is 0 Å². The number of alkyl halides is 3. The average Bonchev–Trinajstić information content (AvgIpc) is 2.88. The van der Waals surface area contributed by atoms with E-state index in [9.17, 15) is 31.2 Å². The van der Waals surface area contributed by atoms with Crippen LogP contribution in [-0.2, 0) is 25.1 Å². The molecule has 0 atom stereocenters. The number of carbonyl (C=O) groups excluding carboxylic acids is 2. The van der Waals surface area contributed by atoms with Gasteiger partial charge >= 0.3 is 21.6 Å². The van der Waals surface area contributed by atoms with Gasteiger partial charge in [0.2, 0.25) is 5.91 Å². The summed E-state index contributed by atoms with van der Waals surface area (Å²) in [6.07, 6.45) is 0. The molecular weight excluding hydrogens is 559 g/mol. The van der Waals surface area contributed by atoms with Crippen molar-refractivity contribution in [2.45, 2.75) is 52.5 Å². The minimum atomic E-state index is -5.80. The highest BCUT2D eigenvalue weighted by atomic mass is 32.2. The van der Waals surface area contributed by atoms with E-state index in [0.29, 0.717) is 34.4 Å². The van der Waals surface area contributed by atoms with Crippen LogP contribution in [0.2, 0.25) is 0 Å². The summed E-state index contributed by atoms with van der Waals surface area (Å²) in [5, 5.41) is 0. The number of anilines is 1. The molecule has 0 aromatic heterocycles. The van der Waals surface area contributed by atoms with Gasteiger partial charge in [0.05, 0.1) is 12.2 Å². The Morgan fingerprint density at radius 3 is 1.95 bits per heavy atom. The van der Waals surface area contributed by atoms with E-state index in [1.807, 2.05) is 45.9 Å². The summed E-state index contributed by atoms with van der Waals surface area (Å²) in [4.78, 5) is 26.9. The highest BCUT2D eigenvalue weighted by molar-refractivity contribution is 7.88. The van der Waals surface area contributed by atoms with E-state index in [1.54, 1.807) is 30.0 Å². The van der Waals surface area contributed by atoms with E-state index in [-0.39, 0.29) is 17.9 Å². The fraction of sp³-hybridized carbons (Fsp3) is 0.333. The van der Waals surface area contributed by atoms with Crippen molar-refractivity contribution in [3.8, 4) is 28.0 Å². The lowest BCUT2D eigenvalue weighted by molar-refractivity contribution is -0.116. The fourth-order valence-corrected chi connectivity index (χ4v) is 4.79. The summed E-state index contributed by atoms with van der Waals surface area (Å²) >= 11 is 0. The molecule has 3 rings (SSSR count). The number of nitrogens with zero attached hydrogens (tertiary/aromatic N) is 1. The Labute approximate surface area is 238 Å². The van der Waals surface area contributed by atoms with E-state index in [1.165, 1.54) is 19.1 Å². The minimum absolute atomic E-state index is 0.101. The number of carbonyl (C=O) groups is 2. The molecule has 0 fully saturated rings. The zero-order valence-corrected chi connectivity index (χ0v) is 24.4. The lowest BCUT2D eigenvalue weighted by atomic mass is 9.83.